The summed E-state index contributed by atoms with van der Waals surface area (Å²) in [5.74, 6) is -0.0844. The molecule has 3 nitrogen and oxygen atoms in total. The first-order chi connectivity index (χ1) is 8.81. The SMILES string of the molecule is CC[C@H](NC(=O)c1cccnc1)c1ccccc1. The highest BCUT2D eigenvalue weighted by Gasteiger charge is 2.13. The van der Waals surface area contributed by atoms with Crippen molar-refractivity contribution in [1.82, 2.24) is 10.3 Å². The minimum absolute atomic E-state index is 0.0407. The van der Waals surface area contributed by atoms with E-state index in [0.29, 0.717) is 5.56 Å². The van der Waals surface area contributed by atoms with E-state index in [-0.39, 0.29) is 11.9 Å². The average molecular weight is 240 g/mol. The largest absolute Gasteiger partial charge is 0.345 e. The number of amides is 1. The number of hydrogen-bond acceptors (Lipinski definition) is 2. The van der Waals surface area contributed by atoms with E-state index < -0.39 is 0 Å². The standard InChI is InChI=1S/C15H16N2O/c1-2-14(12-7-4-3-5-8-12)17-15(18)13-9-6-10-16-11-13/h3-11,14H,2H2,1H3,(H,17,18)/t14-/m0/s1. The zero-order valence-corrected chi connectivity index (χ0v) is 10.3. The van der Waals surface area contributed by atoms with E-state index in [0.717, 1.165) is 12.0 Å². The number of nitrogens with one attached hydrogen (secondary N) is 1. The van der Waals surface area contributed by atoms with Gasteiger partial charge in [-0.2, -0.15) is 0 Å². The van der Waals surface area contributed by atoms with Crippen molar-refractivity contribution in [3.63, 3.8) is 0 Å². The first-order valence-corrected chi connectivity index (χ1v) is 6.07. The lowest BCUT2D eigenvalue weighted by Gasteiger charge is -2.17. The summed E-state index contributed by atoms with van der Waals surface area (Å²) in [5, 5.41) is 3.02. The van der Waals surface area contributed by atoms with Gasteiger partial charge in [0, 0.05) is 12.4 Å². The van der Waals surface area contributed by atoms with Crippen LogP contribution in [0.25, 0.3) is 0 Å². The molecule has 18 heavy (non-hydrogen) atoms. The van der Waals surface area contributed by atoms with Crippen LogP contribution in [-0.2, 0) is 0 Å². The molecule has 1 heterocycles. The molecule has 2 rings (SSSR count). The lowest BCUT2D eigenvalue weighted by atomic mass is 10.0. The number of hydrogen-bond donors (Lipinski definition) is 1. The maximum absolute atomic E-state index is 12.0. The summed E-state index contributed by atoms with van der Waals surface area (Å²) in [7, 11) is 0. The second-order valence-electron chi connectivity index (χ2n) is 4.09. The molecule has 0 bridgehead atoms. The number of pyridine rings is 1. The highest BCUT2D eigenvalue weighted by Crippen LogP contribution is 2.16. The van der Waals surface area contributed by atoms with Gasteiger partial charge in [-0.25, -0.2) is 0 Å². The molecule has 0 fully saturated rings. The van der Waals surface area contributed by atoms with Crippen molar-refractivity contribution in [3.05, 3.63) is 66.0 Å². The van der Waals surface area contributed by atoms with Crippen molar-refractivity contribution in [1.29, 1.82) is 0 Å². The smallest absolute Gasteiger partial charge is 0.253 e. The quantitative estimate of drug-likeness (QED) is 0.892. The van der Waals surface area contributed by atoms with Crippen LogP contribution in [-0.4, -0.2) is 10.9 Å². The van der Waals surface area contributed by atoms with Crippen molar-refractivity contribution in [2.45, 2.75) is 19.4 Å². The Bertz CT molecular complexity index is 496. The second-order valence-corrected chi connectivity index (χ2v) is 4.09. The fourth-order valence-corrected chi connectivity index (χ4v) is 1.85. The van der Waals surface area contributed by atoms with Gasteiger partial charge in [0.25, 0.3) is 5.91 Å². The van der Waals surface area contributed by atoms with E-state index in [9.17, 15) is 4.79 Å². The van der Waals surface area contributed by atoms with E-state index in [4.69, 9.17) is 0 Å². The normalized spacial score (nSPS) is 11.8. The van der Waals surface area contributed by atoms with E-state index in [1.54, 1.807) is 24.5 Å². The maximum Gasteiger partial charge on any atom is 0.253 e. The summed E-state index contributed by atoms with van der Waals surface area (Å²) in [6.45, 7) is 2.06. The molecule has 1 aromatic carbocycles. The summed E-state index contributed by atoms with van der Waals surface area (Å²) in [4.78, 5) is 16.0. The predicted octanol–water partition coefficient (Wildman–Crippen LogP) is 2.96. The van der Waals surface area contributed by atoms with E-state index in [2.05, 4.69) is 17.2 Å². The molecule has 1 atom stereocenters. The van der Waals surface area contributed by atoms with Crippen molar-refractivity contribution in [2.75, 3.05) is 0 Å². The molecule has 0 spiro atoms. The highest BCUT2D eigenvalue weighted by molar-refractivity contribution is 5.94. The van der Waals surface area contributed by atoms with Gasteiger partial charge in [0.1, 0.15) is 0 Å². The molecule has 0 unspecified atom stereocenters. The van der Waals surface area contributed by atoms with Crippen LogP contribution in [0, 0.1) is 0 Å². The Kier molecular flexibility index (Phi) is 4.07. The number of benzene rings is 1. The van der Waals surface area contributed by atoms with Gasteiger partial charge in [0.05, 0.1) is 11.6 Å². The summed E-state index contributed by atoms with van der Waals surface area (Å²) in [6, 6.07) is 13.5. The Morgan fingerprint density at radius 1 is 1.22 bits per heavy atom. The van der Waals surface area contributed by atoms with Crippen molar-refractivity contribution >= 4 is 5.91 Å². The zero-order chi connectivity index (χ0) is 12.8. The number of carbonyl (C=O) groups excluding carboxylic acids is 1. The van der Waals surface area contributed by atoms with Crippen LogP contribution in [0.15, 0.2) is 54.9 Å². The second kappa shape index (κ2) is 5.96. The van der Waals surface area contributed by atoms with Gasteiger partial charge in [-0.15, -0.1) is 0 Å². The summed E-state index contributed by atoms with van der Waals surface area (Å²) in [6.07, 6.45) is 4.09. The molecule has 0 saturated heterocycles. The van der Waals surface area contributed by atoms with E-state index >= 15 is 0 Å². The van der Waals surface area contributed by atoms with Crippen molar-refractivity contribution in [2.24, 2.45) is 0 Å². The van der Waals surface area contributed by atoms with Gasteiger partial charge >= 0.3 is 0 Å². The van der Waals surface area contributed by atoms with Crippen LogP contribution in [0.1, 0.15) is 35.3 Å². The molecule has 0 aliphatic rings. The van der Waals surface area contributed by atoms with Crippen molar-refractivity contribution < 1.29 is 4.79 Å². The molecule has 3 heteroatoms. The van der Waals surface area contributed by atoms with Crippen LogP contribution in [0.2, 0.25) is 0 Å². The van der Waals surface area contributed by atoms with Crippen LogP contribution in [0.3, 0.4) is 0 Å². The molecule has 0 aliphatic carbocycles. The molecule has 0 saturated carbocycles. The van der Waals surface area contributed by atoms with Crippen LogP contribution in [0.4, 0.5) is 0 Å². The van der Waals surface area contributed by atoms with Crippen LogP contribution < -0.4 is 5.32 Å². The minimum atomic E-state index is -0.0844. The molecular formula is C15H16N2O. The Morgan fingerprint density at radius 2 is 2.00 bits per heavy atom. The third-order valence-corrected chi connectivity index (χ3v) is 2.84. The Balaban J connectivity index is 2.10. The molecule has 1 N–H and O–H groups in total. The number of aromatic nitrogens is 1. The van der Waals surface area contributed by atoms with Gasteiger partial charge < -0.3 is 5.32 Å². The Labute approximate surface area is 107 Å². The van der Waals surface area contributed by atoms with Crippen LogP contribution >= 0.6 is 0 Å². The molecule has 0 radical (unpaired) electrons. The number of nitrogens with zero attached hydrogens (tertiary/aromatic N) is 1. The van der Waals surface area contributed by atoms with Gasteiger partial charge in [0.15, 0.2) is 0 Å². The lowest BCUT2D eigenvalue weighted by molar-refractivity contribution is 0.0935. The molecule has 92 valence electrons. The topological polar surface area (TPSA) is 42.0 Å². The summed E-state index contributed by atoms with van der Waals surface area (Å²) < 4.78 is 0. The fourth-order valence-electron chi connectivity index (χ4n) is 1.85. The van der Waals surface area contributed by atoms with Gasteiger partial charge in [-0.1, -0.05) is 37.3 Å². The lowest BCUT2D eigenvalue weighted by Crippen LogP contribution is -2.28. The zero-order valence-electron chi connectivity index (χ0n) is 10.3. The van der Waals surface area contributed by atoms with E-state index in [1.165, 1.54) is 0 Å². The molecule has 1 aromatic heterocycles. The van der Waals surface area contributed by atoms with E-state index in [1.807, 2.05) is 30.3 Å². The average Bonchev–Trinajstić information content (AvgIpc) is 2.46. The van der Waals surface area contributed by atoms with Gasteiger partial charge in [-0.05, 0) is 24.1 Å². The molecule has 2 aromatic rings. The summed E-state index contributed by atoms with van der Waals surface area (Å²) >= 11 is 0. The number of carbonyl (C=O) groups is 1. The monoisotopic (exact) mass is 240 g/mol. The van der Waals surface area contributed by atoms with Gasteiger partial charge in [0.2, 0.25) is 0 Å². The van der Waals surface area contributed by atoms with Crippen LogP contribution in [0.5, 0.6) is 0 Å². The predicted molar refractivity (Wildman–Crippen MR) is 71.2 cm³/mol. The Hall–Kier alpha value is -2.16. The van der Waals surface area contributed by atoms with Crippen molar-refractivity contribution in [3.8, 4) is 0 Å². The third kappa shape index (κ3) is 2.94. The molecule has 0 aliphatic heterocycles. The third-order valence-electron chi connectivity index (χ3n) is 2.84. The Morgan fingerprint density at radius 3 is 2.61 bits per heavy atom. The highest BCUT2D eigenvalue weighted by atomic mass is 16.1. The first-order valence-electron chi connectivity index (χ1n) is 6.07. The number of rotatable bonds is 4. The van der Waals surface area contributed by atoms with Gasteiger partial charge in [-0.3, -0.25) is 9.78 Å². The minimum Gasteiger partial charge on any atom is -0.345 e. The maximum atomic E-state index is 12.0. The molecular weight excluding hydrogens is 224 g/mol. The summed E-state index contributed by atoms with van der Waals surface area (Å²) in [5.41, 5.74) is 1.71. The molecule has 1 amide bonds. The fraction of sp³-hybridized carbons (Fsp3) is 0.200. The first kappa shape index (κ1) is 12.3.